The van der Waals surface area contributed by atoms with Crippen molar-refractivity contribution in [3.8, 4) is 11.3 Å². The normalized spacial score (nSPS) is 11.8. The summed E-state index contributed by atoms with van der Waals surface area (Å²) < 4.78 is 5.38. The Morgan fingerprint density at radius 3 is 2.32 bits per heavy atom. The maximum absolute atomic E-state index is 5.86. The zero-order valence-corrected chi connectivity index (χ0v) is 12.2. The standard InChI is InChI=1S/C16H22N2O/c1-5-6-13-14(19-18-15(13)17)11-7-9-12(10-8-11)16(2,3)4/h7-10H,5-6H2,1-4H3,(H2,17,18). The lowest BCUT2D eigenvalue weighted by Crippen LogP contribution is -2.10. The van der Waals surface area contributed by atoms with Crippen molar-refractivity contribution >= 4 is 5.82 Å². The molecule has 0 aliphatic carbocycles. The minimum atomic E-state index is 0.158. The van der Waals surface area contributed by atoms with Crippen LogP contribution < -0.4 is 5.73 Å². The highest BCUT2D eigenvalue weighted by Gasteiger charge is 2.17. The molecule has 0 aliphatic heterocycles. The number of aromatic nitrogens is 1. The van der Waals surface area contributed by atoms with E-state index < -0.39 is 0 Å². The van der Waals surface area contributed by atoms with Crippen LogP contribution in [0, 0.1) is 0 Å². The van der Waals surface area contributed by atoms with E-state index in [-0.39, 0.29) is 5.41 Å². The van der Waals surface area contributed by atoms with Crippen LogP contribution in [-0.4, -0.2) is 5.16 Å². The number of nitrogens with zero attached hydrogens (tertiary/aromatic N) is 1. The van der Waals surface area contributed by atoms with Gasteiger partial charge < -0.3 is 10.3 Å². The average molecular weight is 258 g/mol. The lowest BCUT2D eigenvalue weighted by molar-refractivity contribution is 0.435. The van der Waals surface area contributed by atoms with E-state index >= 15 is 0 Å². The number of rotatable bonds is 3. The molecular weight excluding hydrogens is 236 g/mol. The number of anilines is 1. The largest absolute Gasteiger partial charge is 0.381 e. The minimum absolute atomic E-state index is 0.158. The van der Waals surface area contributed by atoms with Gasteiger partial charge in [-0.15, -0.1) is 0 Å². The predicted octanol–water partition coefficient (Wildman–Crippen LogP) is 4.17. The van der Waals surface area contributed by atoms with E-state index in [1.54, 1.807) is 0 Å². The molecule has 1 aromatic carbocycles. The van der Waals surface area contributed by atoms with Crippen molar-refractivity contribution in [2.75, 3.05) is 5.73 Å². The molecule has 0 atom stereocenters. The Balaban J connectivity index is 2.38. The monoisotopic (exact) mass is 258 g/mol. The molecule has 2 aromatic rings. The summed E-state index contributed by atoms with van der Waals surface area (Å²) in [5.74, 6) is 1.32. The molecule has 0 spiro atoms. The third-order valence-corrected chi connectivity index (χ3v) is 3.33. The Labute approximate surface area is 114 Å². The molecule has 0 aliphatic rings. The van der Waals surface area contributed by atoms with Crippen LogP contribution in [0.5, 0.6) is 0 Å². The Bertz CT molecular complexity index is 547. The molecule has 0 fully saturated rings. The molecule has 3 heteroatoms. The maximum atomic E-state index is 5.86. The van der Waals surface area contributed by atoms with Crippen LogP contribution in [0.4, 0.5) is 5.82 Å². The lowest BCUT2D eigenvalue weighted by Gasteiger charge is -2.18. The fraction of sp³-hybridized carbons (Fsp3) is 0.438. The summed E-state index contributed by atoms with van der Waals surface area (Å²) in [7, 11) is 0. The summed E-state index contributed by atoms with van der Waals surface area (Å²) in [6.45, 7) is 8.74. The Morgan fingerprint density at radius 1 is 1.16 bits per heavy atom. The Hall–Kier alpha value is -1.77. The first-order chi connectivity index (χ1) is 8.93. The summed E-state index contributed by atoms with van der Waals surface area (Å²) in [4.78, 5) is 0. The number of nitrogens with two attached hydrogens (primary N) is 1. The summed E-state index contributed by atoms with van der Waals surface area (Å²) >= 11 is 0. The van der Waals surface area contributed by atoms with Crippen molar-refractivity contribution in [3.63, 3.8) is 0 Å². The molecule has 0 amide bonds. The third-order valence-electron chi connectivity index (χ3n) is 3.33. The van der Waals surface area contributed by atoms with Crippen LogP contribution >= 0.6 is 0 Å². The molecule has 1 heterocycles. The number of hydrogen-bond acceptors (Lipinski definition) is 3. The average Bonchev–Trinajstić information content (AvgIpc) is 2.71. The van der Waals surface area contributed by atoms with Crippen LogP contribution in [0.2, 0.25) is 0 Å². The van der Waals surface area contributed by atoms with Crippen molar-refractivity contribution in [1.82, 2.24) is 5.16 Å². The fourth-order valence-electron chi connectivity index (χ4n) is 2.16. The van der Waals surface area contributed by atoms with E-state index in [1.807, 2.05) is 0 Å². The molecule has 0 bridgehead atoms. The predicted molar refractivity (Wildman–Crippen MR) is 79.0 cm³/mol. The lowest BCUT2D eigenvalue weighted by atomic mass is 9.86. The van der Waals surface area contributed by atoms with Gasteiger partial charge in [-0.3, -0.25) is 0 Å². The highest BCUT2D eigenvalue weighted by molar-refractivity contribution is 5.66. The van der Waals surface area contributed by atoms with Gasteiger partial charge in [0.15, 0.2) is 11.6 Å². The molecule has 0 saturated heterocycles. The zero-order valence-electron chi connectivity index (χ0n) is 12.2. The number of benzene rings is 1. The molecule has 19 heavy (non-hydrogen) atoms. The molecule has 0 unspecified atom stereocenters. The van der Waals surface area contributed by atoms with Gasteiger partial charge in [-0.2, -0.15) is 0 Å². The van der Waals surface area contributed by atoms with Crippen molar-refractivity contribution in [2.24, 2.45) is 0 Å². The third kappa shape index (κ3) is 2.80. The van der Waals surface area contributed by atoms with E-state index in [9.17, 15) is 0 Å². The molecule has 1 aromatic heterocycles. The molecule has 102 valence electrons. The van der Waals surface area contributed by atoms with E-state index in [0.29, 0.717) is 5.82 Å². The first kappa shape index (κ1) is 13.7. The molecule has 0 radical (unpaired) electrons. The maximum Gasteiger partial charge on any atom is 0.172 e. The minimum Gasteiger partial charge on any atom is -0.381 e. The van der Waals surface area contributed by atoms with E-state index in [4.69, 9.17) is 10.3 Å². The van der Waals surface area contributed by atoms with E-state index in [1.165, 1.54) is 5.56 Å². The van der Waals surface area contributed by atoms with Gasteiger partial charge in [0.25, 0.3) is 0 Å². The second-order valence-electron chi connectivity index (χ2n) is 5.95. The van der Waals surface area contributed by atoms with Gasteiger partial charge in [0.2, 0.25) is 0 Å². The molecule has 2 rings (SSSR count). The quantitative estimate of drug-likeness (QED) is 0.898. The summed E-state index contributed by atoms with van der Waals surface area (Å²) in [6, 6.07) is 8.45. The Morgan fingerprint density at radius 2 is 1.79 bits per heavy atom. The Kier molecular flexibility index (Phi) is 3.65. The summed E-state index contributed by atoms with van der Waals surface area (Å²) in [6.07, 6.45) is 1.92. The molecule has 2 N–H and O–H groups in total. The number of hydrogen-bond donors (Lipinski definition) is 1. The molecular formula is C16H22N2O. The molecule has 0 saturated carbocycles. The van der Waals surface area contributed by atoms with E-state index in [2.05, 4.69) is 57.1 Å². The zero-order chi connectivity index (χ0) is 14.0. The summed E-state index contributed by atoms with van der Waals surface area (Å²) in [5.41, 5.74) is 9.39. The van der Waals surface area contributed by atoms with Gasteiger partial charge in [-0.25, -0.2) is 0 Å². The van der Waals surface area contributed by atoms with Crippen LogP contribution in [-0.2, 0) is 11.8 Å². The van der Waals surface area contributed by atoms with Gasteiger partial charge >= 0.3 is 0 Å². The molecule has 3 nitrogen and oxygen atoms in total. The fourth-order valence-corrected chi connectivity index (χ4v) is 2.16. The first-order valence-electron chi connectivity index (χ1n) is 6.78. The van der Waals surface area contributed by atoms with Crippen LogP contribution in [0.1, 0.15) is 45.2 Å². The van der Waals surface area contributed by atoms with Gasteiger partial charge in [-0.05, 0) is 17.4 Å². The second-order valence-corrected chi connectivity index (χ2v) is 5.95. The van der Waals surface area contributed by atoms with Gasteiger partial charge in [0.05, 0.1) is 0 Å². The highest BCUT2D eigenvalue weighted by Crippen LogP contribution is 2.31. The van der Waals surface area contributed by atoms with Gasteiger partial charge in [-0.1, -0.05) is 63.5 Å². The van der Waals surface area contributed by atoms with Crippen LogP contribution in [0.3, 0.4) is 0 Å². The first-order valence-corrected chi connectivity index (χ1v) is 6.78. The topological polar surface area (TPSA) is 52.0 Å². The smallest absolute Gasteiger partial charge is 0.172 e. The van der Waals surface area contributed by atoms with Crippen molar-refractivity contribution in [2.45, 2.75) is 46.0 Å². The van der Waals surface area contributed by atoms with Crippen LogP contribution in [0.15, 0.2) is 28.8 Å². The van der Waals surface area contributed by atoms with Gasteiger partial charge in [0, 0.05) is 11.1 Å². The second kappa shape index (κ2) is 5.08. The highest BCUT2D eigenvalue weighted by atomic mass is 16.5. The van der Waals surface area contributed by atoms with Crippen molar-refractivity contribution in [3.05, 3.63) is 35.4 Å². The number of nitrogen functional groups attached to an aromatic ring is 1. The van der Waals surface area contributed by atoms with Crippen LogP contribution in [0.25, 0.3) is 11.3 Å². The van der Waals surface area contributed by atoms with Crippen molar-refractivity contribution in [1.29, 1.82) is 0 Å². The van der Waals surface area contributed by atoms with Gasteiger partial charge in [0.1, 0.15) is 0 Å². The van der Waals surface area contributed by atoms with E-state index in [0.717, 1.165) is 29.7 Å². The summed E-state index contributed by atoms with van der Waals surface area (Å²) in [5, 5.41) is 3.89. The van der Waals surface area contributed by atoms with Crippen molar-refractivity contribution < 1.29 is 4.52 Å². The SMILES string of the molecule is CCCc1c(N)noc1-c1ccc(C(C)(C)C)cc1.